The number of rotatable bonds is 6. The average molecular weight is 244 g/mol. The van der Waals surface area contributed by atoms with Gasteiger partial charge in [-0.25, -0.2) is 4.79 Å². The summed E-state index contributed by atoms with van der Waals surface area (Å²) in [6, 6.07) is -0.198. The molecule has 0 saturated heterocycles. The fourth-order valence-electron chi connectivity index (χ4n) is 1.76. The predicted molar refractivity (Wildman–Crippen MR) is 66.9 cm³/mol. The van der Waals surface area contributed by atoms with Gasteiger partial charge in [0.15, 0.2) is 0 Å². The van der Waals surface area contributed by atoms with Gasteiger partial charge in [-0.05, 0) is 24.2 Å². The fourth-order valence-corrected chi connectivity index (χ4v) is 1.76. The second-order valence-electron chi connectivity index (χ2n) is 5.29. The van der Waals surface area contributed by atoms with Crippen molar-refractivity contribution in [2.45, 2.75) is 40.0 Å². The van der Waals surface area contributed by atoms with E-state index in [4.69, 9.17) is 5.11 Å². The number of urea groups is 1. The Bertz CT molecular complexity index is 259. The Labute approximate surface area is 103 Å². The molecule has 0 heterocycles. The molecule has 0 spiro atoms. The highest BCUT2D eigenvalue weighted by Gasteiger charge is 2.24. The number of carboxylic acids is 1. The zero-order valence-electron chi connectivity index (χ0n) is 11.2. The van der Waals surface area contributed by atoms with E-state index < -0.39 is 5.97 Å². The maximum absolute atomic E-state index is 11.0. The first-order valence-corrected chi connectivity index (χ1v) is 5.94. The second-order valence-corrected chi connectivity index (χ2v) is 5.29. The molecule has 100 valence electrons. The monoisotopic (exact) mass is 244 g/mol. The number of hydrogen-bond acceptors (Lipinski definition) is 2. The molecule has 17 heavy (non-hydrogen) atoms. The summed E-state index contributed by atoms with van der Waals surface area (Å²) in [6.07, 6.45) is 1.63. The molecule has 0 aromatic rings. The van der Waals surface area contributed by atoms with Crippen LogP contribution in [0.25, 0.3) is 0 Å². The van der Waals surface area contributed by atoms with Gasteiger partial charge in [0.05, 0.1) is 0 Å². The molecule has 1 unspecified atom stereocenters. The number of carbonyl (C=O) groups excluding carboxylic acids is 1. The van der Waals surface area contributed by atoms with E-state index in [1.807, 2.05) is 0 Å². The third-order valence-electron chi connectivity index (χ3n) is 2.94. The summed E-state index contributed by atoms with van der Waals surface area (Å²) in [6.45, 7) is 6.86. The first kappa shape index (κ1) is 15.7. The molecule has 0 aromatic carbocycles. The predicted octanol–water partition coefficient (Wildman–Crippen LogP) is 1.83. The molecule has 0 aromatic heterocycles. The molecule has 3 N–H and O–H groups in total. The number of carbonyl (C=O) groups is 2. The van der Waals surface area contributed by atoms with Gasteiger partial charge in [0, 0.05) is 20.0 Å². The molecular formula is C12H24N2O3. The lowest BCUT2D eigenvalue weighted by Crippen LogP contribution is -2.35. The van der Waals surface area contributed by atoms with Crippen molar-refractivity contribution in [3.05, 3.63) is 0 Å². The molecular weight excluding hydrogens is 220 g/mol. The fraction of sp³-hybridized carbons (Fsp3) is 0.833. The van der Waals surface area contributed by atoms with Crippen molar-refractivity contribution >= 4 is 12.0 Å². The van der Waals surface area contributed by atoms with E-state index in [1.54, 1.807) is 7.05 Å². The maximum Gasteiger partial charge on any atom is 0.314 e. The highest BCUT2D eigenvalue weighted by Crippen LogP contribution is 2.32. The normalized spacial score (nSPS) is 12.9. The number of nitrogens with one attached hydrogen (secondary N) is 2. The van der Waals surface area contributed by atoms with Crippen LogP contribution in [0.4, 0.5) is 4.79 Å². The second kappa shape index (κ2) is 7.14. The number of aliphatic carboxylic acids is 1. The van der Waals surface area contributed by atoms with Gasteiger partial charge in [0.25, 0.3) is 0 Å². The Kier molecular flexibility index (Phi) is 6.61. The van der Waals surface area contributed by atoms with E-state index >= 15 is 0 Å². The Morgan fingerprint density at radius 2 is 1.82 bits per heavy atom. The van der Waals surface area contributed by atoms with E-state index in [-0.39, 0.29) is 23.8 Å². The van der Waals surface area contributed by atoms with Crippen LogP contribution in [0.1, 0.15) is 40.0 Å². The van der Waals surface area contributed by atoms with Crippen molar-refractivity contribution in [1.29, 1.82) is 0 Å². The van der Waals surface area contributed by atoms with E-state index in [0.717, 1.165) is 6.42 Å². The van der Waals surface area contributed by atoms with E-state index in [2.05, 4.69) is 31.4 Å². The molecule has 1 atom stereocenters. The summed E-state index contributed by atoms with van der Waals surface area (Å²) in [5, 5.41) is 13.9. The Hall–Kier alpha value is -1.26. The maximum atomic E-state index is 11.0. The van der Waals surface area contributed by atoms with Crippen LogP contribution in [0.15, 0.2) is 0 Å². The smallest absolute Gasteiger partial charge is 0.314 e. The SMILES string of the molecule is CNC(=O)NCCC(CCC(=O)O)C(C)(C)C. The summed E-state index contributed by atoms with van der Waals surface area (Å²) in [5.41, 5.74) is 0.0554. The molecule has 0 aliphatic heterocycles. The van der Waals surface area contributed by atoms with Crippen molar-refractivity contribution in [3.8, 4) is 0 Å². The highest BCUT2D eigenvalue weighted by atomic mass is 16.4. The number of hydrogen-bond donors (Lipinski definition) is 3. The largest absolute Gasteiger partial charge is 0.481 e. The van der Waals surface area contributed by atoms with Gasteiger partial charge in [-0.2, -0.15) is 0 Å². The van der Waals surface area contributed by atoms with Gasteiger partial charge in [-0.3, -0.25) is 4.79 Å². The molecule has 0 fully saturated rings. The molecule has 0 bridgehead atoms. The zero-order valence-corrected chi connectivity index (χ0v) is 11.2. The van der Waals surface area contributed by atoms with E-state index in [0.29, 0.717) is 13.0 Å². The molecule has 0 radical (unpaired) electrons. The van der Waals surface area contributed by atoms with E-state index in [9.17, 15) is 9.59 Å². The molecule has 0 aliphatic rings. The molecule has 2 amide bonds. The van der Waals surface area contributed by atoms with Crippen molar-refractivity contribution in [2.24, 2.45) is 11.3 Å². The van der Waals surface area contributed by atoms with Gasteiger partial charge in [-0.15, -0.1) is 0 Å². The van der Waals surface area contributed by atoms with Gasteiger partial charge in [-0.1, -0.05) is 20.8 Å². The highest BCUT2D eigenvalue weighted by molar-refractivity contribution is 5.73. The standard InChI is InChI=1S/C12H24N2O3/c1-12(2,3)9(5-6-10(15)16)7-8-14-11(17)13-4/h9H,5-8H2,1-4H3,(H,15,16)(H2,13,14,17). The summed E-state index contributed by atoms with van der Waals surface area (Å²) in [5.74, 6) is -0.478. The number of amides is 2. The van der Waals surface area contributed by atoms with Crippen LogP contribution in [-0.4, -0.2) is 30.7 Å². The lowest BCUT2D eigenvalue weighted by Gasteiger charge is -2.30. The lowest BCUT2D eigenvalue weighted by atomic mass is 9.76. The first-order chi connectivity index (χ1) is 7.77. The number of carboxylic acid groups (broad SMARTS) is 1. The quantitative estimate of drug-likeness (QED) is 0.667. The summed E-state index contributed by atoms with van der Waals surface area (Å²) in [4.78, 5) is 21.6. The first-order valence-electron chi connectivity index (χ1n) is 5.94. The Balaban J connectivity index is 4.12. The molecule has 0 rings (SSSR count). The molecule has 0 saturated carbocycles. The summed E-state index contributed by atoms with van der Waals surface area (Å²) in [7, 11) is 1.57. The average Bonchev–Trinajstić information content (AvgIpc) is 2.20. The van der Waals surface area contributed by atoms with Crippen LogP contribution >= 0.6 is 0 Å². The van der Waals surface area contributed by atoms with Crippen molar-refractivity contribution in [2.75, 3.05) is 13.6 Å². The lowest BCUT2D eigenvalue weighted by molar-refractivity contribution is -0.137. The third-order valence-corrected chi connectivity index (χ3v) is 2.94. The molecule has 5 nitrogen and oxygen atoms in total. The minimum Gasteiger partial charge on any atom is -0.481 e. The minimum absolute atomic E-state index is 0.0554. The zero-order chi connectivity index (χ0) is 13.5. The van der Waals surface area contributed by atoms with Crippen LogP contribution in [-0.2, 0) is 4.79 Å². The van der Waals surface area contributed by atoms with Gasteiger partial charge in [0.1, 0.15) is 0 Å². The minimum atomic E-state index is -0.765. The van der Waals surface area contributed by atoms with Crippen molar-refractivity contribution in [1.82, 2.24) is 10.6 Å². The van der Waals surface area contributed by atoms with Crippen LogP contribution in [0.3, 0.4) is 0 Å². The van der Waals surface area contributed by atoms with Crippen LogP contribution < -0.4 is 10.6 Å². The Morgan fingerprint density at radius 3 is 2.24 bits per heavy atom. The van der Waals surface area contributed by atoms with E-state index in [1.165, 1.54) is 0 Å². The van der Waals surface area contributed by atoms with Crippen molar-refractivity contribution in [3.63, 3.8) is 0 Å². The van der Waals surface area contributed by atoms with Crippen LogP contribution in [0, 0.1) is 11.3 Å². The van der Waals surface area contributed by atoms with Crippen LogP contribution in [0.2, 0.25) is 0 Å². The topological polar surface area (TPSA) is 78.4 Å². The Morgan fingerprint density at radius 1 is 1.24 bits per heavy atom. The van der Waals surface area contributed by atoms with Gasteiger partial charge >= 0.3 is 12.0 Å². The van der Waals surface area contributed by atoms with Crippen molar-refractivity contribution < 1.29 is 14.7 Å². The summed E-state index contributed by atoms with van der Waals surface area (Å²) < 4.78 is 0. The molecule has 0 aliphatic carbocycles. The van der Waals surface area contributed by atoms with Gasteiger partial charge < -0.3 is 15.7 Å². The van der Waals surface area contributed by atoms with Crippen LogP contribution in [0.5, 0.6) is 0 Å². The summed E-state index contributed by atoms with van der Waals surface area (Å²) >= 11 is 0. The molecule has 5 heteroatoms. The van der Waals surface area contributed by atoms with Gasteiger partial charge in [0.2, 0.25) is 0 Å². The third kappa shape index (κ3) is 7.60.